The van der Waals surface area contributed by atoms with Crippen molar-refractivity contribution < 1.29 is 4.79 Å². The molecule has 5 nitrogen and oxygen atoms in total. The average Bonchev–Trinajstić information content (AvgIpc) is 2.60. The van der Waals surface area contributed by atoms with Crippen LogP contribution in [0.15, 0.2) is 6.07 Å². The van der Waals surface area contributed by atoms with Crippen molar-refractivity contribution in [3.8, 4) is 0 Å². The smallest absolute Gasteiger partial charge is 0.269 e. The Morgan fingerprint density at radius 2 is 2.38 bits per heavy atom. The molecule has 1 aromatic heterocycles. The van der Waals surface area contributed by atoms with Crippen LogP contribution in [-0.2, 0) is 7.05 Å². The zero-order valence-corrected chi connectivity index (χ0v) is 7.40. The van der Waals surface area contributed by atoms with Gasteiger partial charge in [0.25, 0.3) is 5.91 Å². The van der Waals surface area contributed by atoms with Gasteiger partial charge in [0.15, 0.2) is 0 Å². The number of amides is 1. The van der Waals surface area contributed by atoms with Crippen LogP contribution in [0.2, 0.25) is 0 Å². The van der Waals surface area contributed by atoms with Crippen LogP contribution < -0.4 is 11.5 Å². The molecule has 0 bridgehead atoms. The van der Waals surface area contributed by atoms with E-state index in [2.05, 4.69) is 5.10 Å². The quantitative estimate of drug-likeness (QED) is 0.633. The Hall–Kier alpha value is -1.36. The third-order valence-corrected chi connectivity index (χ3v) is 2.39. The van der Waals surface area contributed by atoms with Gasteiger partial charge in [0.2, 0.25) is 0 Å². The zero-order valence-electron chi connectivity index (χ0n) is 7.40. The minimum absolute atomic E-state index is 0.219. The van der Waals surface area contributed by atoms with E-state index in [0.29, 0.717) is 11.6 Å². The van der Waals surface area contributed by atoms with Crippen molar-refractivity contribution in [2.24, 2.45) is 18.5 Å². The van der Waals surface area contributed by atoms with Gasteiger partial charge in [0, 0.05) is 24.7 Å². The Morgan fingerprint density at radius 3 is 2.77 bits per heavy atom. The summed E-state index contributed by atoms with van der Waals surface area (Å²) >= 11 is 0. The van der Waals surface area contributed by atoms with E-state index in [9.17, 15) is 4.79 Å². The molecule has 0 radical (unpaired) electrons. The zero-order chi connectivity index (χ0) is 9.59. The van der Waals surface area contributed by atoms with Gasteiger partial charge in [0.05, 0.1) is 0 Å². The number of rotatable bonds is 2. The van der Waals surface area contributed by atoms with Gasteiger partial charge in [-0.15, -0.1) is 0 Å². The molecule has 1 fully saturated rings. The van der Waals surface area contributed by atoms with Gasteiger partial charge in [-0.05, 0) is 12.5 Å². The van der Waals surface area contributed by atoms with Crippen LogP contribution >= 0.6 is 0 Å². The number of aryl methyl sites for hydroxylation is 1. The third kappa shape index (κ3) is 1.31. The molecule has 2 rings (SSSR count). The molecule has 1 aliphatic carbocycles. The molecule has 1 saturated carbocycles. The van der Waals surface area contributed by atoms with Gasteiger partial charge in [0.1, 0.15) is 5.69 Å². The van der Waals surface area contributed by atoms with E-state index in [4.69, 9.17) is 11.5 Å². The van der Waals surface area contributed by atoms with Gasteiger partial charge in [-0.25, -0.2) is 0 Å². The van der Waals surface area contributed by atoms with Gasteiger partial charge in [-0.1, -0.05) is 0 Å². The van der Waals surface area contributed by atoms with Crippen molar-refractivity contribution in [2.45, 2.75) is 18.4 Å². The molecule has 0 spiro atoms. The van der Waals surface area contributed by atoms with E-state index in [1.807, 2.05) is 0 Å². The first-order valence-electron chi connectivity index (χ1n) is 4.19. The van der Waals surface area contributed by atoms with Gasteiger partial charge in [-0.3, -0.25) is 9.48 Å². The van der Waals surface area contributed by atoms with Crippen LogP contribution in [-0.4, -0.2) is 21.7 Å². The molecule has 1 heterocycles. The molecule has 0 saturated heterocycles. The normalized spacial score (nSPS) is 26.0. The number of carbonyl (C=O) groups is 1. The van der Waals surface area contributed by atoms with Crippen LogP contribution in [0, 0.1) is 0 Å². The van der Waals surface area contributed by atoms with E-state index in [1.54, 1.807) is 17.8 Å². The summed E-state index contributed by atoms with van der Waals surface area (Å²) in [5, 5.41) is 3.99. The summed E-state index contributed by atoms with van der Waals surface area (Å²) in [6.07, 6.45) is 0.970. The van der Waals surface area contributed by atoms with Crippen molar-refractivity contribution in [1.82, 2.24) is 9.78 Å². The van der Waals surface area contributed by atoms with Crippen LogP contribution in [0.4, 0.5) is 0 Å². The van der Waals surface area contributed by atoms with Gasteiger partial charge >= 0.3 is 0 Å². The number of primary amides is 1. The van der Waals surface area contributed by atoms with E-state index in [0.717, 1.165) is 12.1 Å². The van der Waals surface area contributed by atoms with Crippen molar-refractivity contribution in [3.63, 3.8) is 0 Å². The number of nitrogens with zero attached hydrogens (tertiary/aromatic N) is 2. The molecule has 0 aromatic carbocycles. The maximum atomic E-state index is 10.8. The second-order valence-corrected chi connectivity index (χ2v) is 3.45. The standard InChI is InChI=1S/C8H12N4O/c1-12-7(4-2-5(4)9)3-6(11-12)8(10)13/h3-5H,2,9H2,1H3,(H2,10,13). The SMILES string of the molecule is Cn1nc(C(N)=O)cc1C1CC1N. The fourth-order valence-electron chi connectivity index (χ4n) is 1.50. The maximum Gasteiger partial charge on any atom is 0.269 e. The highest BCUT2D eigenvalue weighted by Crippen LogP contribution is 2.38. The van der Waals surface area contributed by atoms with E-state index in [-0.39, 0.29) is 6.04 Å². The molecular weight excluding hydrogens is 168 g/mol. The molecule has 13 heavy (non-hydrogen) atoms. The lowest BCUT2D eigenvalue weighted by atomic mass is 10.2. The fraction of sp³-hybridized carbons (Fsp3) is 0.500. The molecule has 2 atom stereocenters. The van der Waals surface area contributed by atoms with Crippen LogP contribution in [0.5, 0.6) is 0 Å². The summed E-state index contributed by atoms with van der Waals surface area (Å²) in [6, 6.07) is 1.94. The number of aromatic nitrogens is 2. The number of hydrogen-bond acceptors (Lipinski definition) is 3. The first-order valence-corrected chi connectivity index (χ1v) is 4.19. The summed E-state index contributed by atoms with van der Waals surface area (Å²) in [7, 11) is 1.80. The average molecular weight is 180 g/mol. The molecule has 1 amide bonds. The Bertz CT molecular complexity index is 357. The van der Waals surface area contributed by atoms with Crippen molar-refractivity contribution >= 4 is 5.91 Å². The fourth-order valence-corrected chi connectivity index (χ4v) is 1.50. The predicted octanol–water partition coefficient (Wildman–Crippen LogP) is -0.666. The Labute approximate surface area is 75.7 Å². The highest BCUT2D eigenvalue weighted by Gasteiger charge is 2.37. The number of hydrogen-bond donors (Lipinski definition) is 2. The van der Waals surface area contributed by atoms with Crippen LogP contribution in [0.3, 0.4) is 0 Å². The summed E-state index contributed by atoms with van der Waals surface area (Å²) in [5.41, 5.74) is 12.1. The number of nitrogens with two attached hydrogens (primary N) is 2. The monoisotopic (exact) mass is 180 g/mol. The van der Waals surface area contributed by atoms with Crippen molar-refractivity contribution in [3.05, 3.63) is 17.5 Å². The summed E-state index contributed by atoms with van der Waals surface area (Å²) in [4.78, 5) is 10.8. The lowest BCUT2D eigenvalue weighted by Gasteiger charge is -1.96. The van der Waals surface area contributed by atoms with Crippen LogP contribution in [0.1, 0.15) is 28.5 Å². The first kappa shape index (κ1) is 8.25. The van der Waals surface area contributed by atoms with Gasteiger partial charge in [-0.2, -0.15) is 5.10 Å². The lowest BCUT2D eigenvalue weighted by molar-refractivity contribution is 0.0995. The summed E-state index contributed by atoms with van der Waals surface area (Å²) in [6.45, 7) is 0. The molecule has 5 heteroatoms. The molecule has 2 unspecified atom stereocenters. The molecule has 0 aliphatic heterocycles. The highest BCUT2D eigenvalue weighted by atomic mass is 16.1. The summed E-state index contributed by atoms with van der Waals surface area (Å²) < 4.78 is 1.68. The van der Waals surface area contributed by atoms with Crippen molar-refractivity contribution in [1.29, 1.82) is 0 Å². The third-order valence-electron chi connectivity index (χ3n) is 2.39. The minimum Gasteiger partial charge on any atom is -0.364 e. The summed E-state index contributed by atoms with van der Waals surface area (Å²) in [5.74, 6) is -0.137. The first-order chi connectivity index (χ1) is 6.09. The minimum atomic E-state index is -0.490. The lowest BCUT2D eigenvalue weighted by Crippen LogP contribution is -2.11. The number of carbonyl (C=O) groups excluding carboxylic acids is 1. The van der Waals surface area contributed by atoms with Gasteiger partial charge < -0.3 is 11.5 Å². The second kappa shape index (κ2) is 2.56. The molecule has 70 valence electrons. The predicted molar refractivity (Wildman–Crippen MR) is 47.1 cm³/mol. The topological polar surface area (TPSA) is 86.9 Å². The Morgan fingerprint density at radius 1 is 1.77 bits per heavy atom. The largest absolute Gasteiger partial charge is 0.364 e. The van der Waals surface area contributed by atoms with Crippen LogP contribution in [0.25, 0.3) is 0 Å². The molecular formula is C8H12N4O. The van der Waals surface area contributed by atoms with E-state index >= 15 is 0 Å². The Balaban J connectivity index is 2.31. The molecule has 4 N–H and O–H groups in total. The molecule has 1 aliphatic rings. The second-order valence-electron chi connectivity index (χ2n) is 3.45. The molecule has 1 aromatic rings. The van der Waals surface area contributed by atoms with E-state index in [1.165, 1.54) is 0 Å². The maximum absolute atomic E-state index is 10.8. The van der Waals surface area contributed by atoms with E-state index < -0.39 is 5.91 Å². The van der Waals surface area contributed by atoms with Crippen molar-refractivity contribution in [2.75, 3.05) is 0 Å². The highest BCUT2D eigenvalue weighted by molar-refractivity contribution is 5.90. The Kier molecular flexibility index (Phi) is 1.63.